The van der Waals surface area contributed by atoms with E-state index in [1.54, 1.807) is 7.11 Å². The second-order valence-electron chi connectivity index (χ2n) is 3.47. The Hall–Kier alpha value is 0.310. The fourth-order valence-corrected chi connectivity index (χ4v) is 0.940. The highest BCUT2D eigenvalue weighted by Crippen LogP contribution is 2.31. The van der Waals surface area contributed by atoms with E-state index in [-0.39, 0.29) is 0 Å². The summed E-state index contributed by atoms with van der Waals surface area (Å²) in [4.78, 5) is 0. The topological polar surface area (TPSA) is 18.5 Å². The van der Waals surface area contributed by atoms with Crippen LogP contribution in [-0.2, 0) is 9.05 Å². The van der Waals surface area contributed by atoms with Crippen molar-refractivity contribution in [2.45, 2.75) is 0 Å². The molecule has 11 heavy (non-hydrogen) atoms. The summed E-state index contributed by atoms with van der Waals surface area (Å²) in [6.07, 6.45) is 0. The van der Waals surface area contributed by atoms with Gasteiger partial charge in [-0.25, -0.2) is 0 Å². The first-order valence-electron chi connectivity index (χ1n) is 3.67. The second kappa shape index (κ2) is 5.04. The molecule has 0 aromatic heterocycles. The molecule has 4 heteroatoms. The normalized spacial score (nSPS) is 15.0. The van der Waals surface area contributed by atoms with Gasteiger partial charge in [0.05, 0.1) is 21.1 Å². The molecule has 0 fully saturated rings. The van der Waals surface area contributed by atoms with Crippen LogP contribution < -0.4 is 0 Å². The second-order valence-corrected chi connectivity index (χ2v) is 4.97. The molecule has 0 N–H and O–H groups in total. The largest absolute Gasteiger partial charge is 0.338 e. The van der Waals surface area contributed by atoms with Gasteiger partial charge in [0.2, 0.25) is 0 Å². The van der Waals surface area contributed by atoms with Crippen LogP contribution in [0.1, 0.15) is 0 Å². The third-order valence-corrected chi connectivity index (χ3v) is 2.35. The Kier molecular flexibility index (Phi) is 5.19. The maximum Gasteiger partial charge on any atom is 0.167 e. The highest BCUT2D eigenvalue weighted by atomic mass is 31.2. The van der Waals surface area contributed by atoms with E-state index in [1.165, 1.54) is 0 Å². The van der Waals surface area contributed by atoms with Gasteiger partial charge in [-0.2, -0.15) is 0 Å². The molecule has 0 aliphatic carbocycles. The molecule has 0 spiro atoms. The van der Waals surface area contributed by atoms with Crippen molar-refractivity contribution in [2.24, 2.45) is 0 Å². The Morgan fingerprint density at radius 3 is 2.18 bits per heavy atom. The summed E-state index contributed by atoms with van der Waals surface area (Å²) in [5.41, 5.74) is 0. The zero-order valence-corrected chi connectivity index (χ0v) is 9.02. The van der Waals surface area contributed by atoms with Crippen LogP contribution in [0.25, 0.3) is 0 Å². The van der Waals surface area contributed by atoms with E-state index < -0.39 is 8.38 Å². The van der Waals surface area contributed by atoms with Crippen molar-refractivity contribution in [3.63, 3.8) is 0 Å². The van der Waals surface area contributed by atoms with E-state index in [1.807, 2.05) is 6.66 Å². The zero-order chi connectivity index (χ0) is 8.91. The molecule has 0 saturated heterocycles. The highest BCUT2D eigenvalue weighted by molar-refractivity contribution is 7.46. The Bertz CT molecular complexity index is 103. The van der Waals surface area contributed by atoms with Crippen LogP contribution in [0.5, 0.6) is 0 Å². The fourth-order valence-electron chi connectivity index (χ4n) is 0.496. The molecular weight excluding hydrogens is 161 g/mol. The van der Waals surface area contributed by atoms with Crippen molar-refractivity contribution < 1.29 is 13.5 Å². The van der Waals surface area contributed by atoms with Gasteiger partial charge < -0.3 is 13.5 Å². The van der Waals surface area contributed by atoms with Gasteiger partial charge in [0.25, 0.3) is 0 Å². The first-order valence-corrected chi connectivity index (χ1v) is 5.29. The molecule has 1 unspecified atom stereocenters. The molecule has 0 aliphatic rings. The average molecular weight is 180 g/mol. The Morgan fingerprint density at radius 1 is 1.27 bits per heavy atom. The Balaban J connectivity index is 3.28. The SMILES string of the molecule is COP(C)OCC[N+](C)(C)C. The number of hydrogen-bond donors (Lipinski definition) is 0. The van der Waals surface area contributed by atoms with Gasteiger partial charge in [-0.1, -0.05) is 0 Å². The van der Waals surface area contributed by atoms with Crippen molar-refractivity contribution in [3.05, 3.63) is 0 Å². The Morgan fingerprint density at radius 2 is 1.82 bits per heavy atom. The van der Waals surface area contributed by atoms with E-state index >= 15 is 0 Å². The number of nitrogens with zero attached hydrogens (tertiary/aromatic N) is 1. The van der Waals surface area contributed by atoms with Crippen LogP contribution in [0.4, 0.5) is 0 Å². The summed E-state index contributed by atoms with van der Waals surface area (Å²) in [7, 11) is 7.48. The minimum absolute atomic E-state index is 0.641. The lowest BCUT2D eigenvalue weighted by Crippen LogP contribution is -2.37. The first-order chi connectivity index (χ1) is 4.95. The third kappa shape index (κ3) is 8.21. The maximum atomic E-state index is 5.39. The summed E-state index contributed by atoms with van der Waals surface area (Å²) < 4.78 is 11.3. The predicted molar refractivity (Wildman–Crippen MR) is 48.7 cm³/mol. The lowest BCUT2D eigenvalue weighted by molar-refractivity contribution is -0.870. The summed E-state index contributed by atoms with van der Waals surface area (Å²) >= 11 is 0. The van der Waals surface area contributed by atoms with Gasteiger partial charge in [0, 0.05) is 13.8 Å². The van der Waals surface area contributed by atoms with Gasteiger partial charge in [-0.05, 0) is 0 Å². The molecule has 0 rings (SSSR count). The minimum atomic E-state index is -0.641. The molecule has 0 bridgehead atoms. The van der Waals surface area contributed by atoms with E-state index in [0.29, 0.717) is 0 Å². The molecule has 0 aromatic rings. The zero-order valence-electron chi connectivity index (χ0n) is 8.13. The van der Waals surface area contributed by atoms with Crippen molar-refractivity contribution in [3.8, 4) is 0 Å². The van der Waals surface area contributed by atoms with Crippen LogP contribution in [0, 0.1) is 0 Å². The van der Waals surface area contributed by atoms with Crippen LogP contribution in [0.3, 0.4) is 0 Å². The Labute approximate surface area is 70.8 Å². The van der Waals surface area contributed by atoms with Crippen LogP contribution in [0.15, 0.2) is 0 Å². The average Bonchev–Trinajstić information content (AvgIpc) is 1.85. The summed E-state index contributed by atoms with van der Waals surface area (Å²) in [5.74, 6) is 0. The van der Waals surface area contributed by atoms with Gasteiger partial charge in [-0.3, -0.25) is 0 Å². The van der Waals surface area contributed by atoms with Crippen LogP contribution >= 0.6 is 8.38 Å². The third-order valence-electron chi connectivity index (χ3n) is 1.29. The number of hydrogen-bond acceptors (Lipinski definition) is 2. The minimum Gasteiger partial charge on any atom is -0.338 e. The molecule has 0 aromatic carbocycles. The van der Waals surface area contributed by atoms with Crippen LogP contribution in [-0.4, -0.2) is 52.6 Å². The van der Waals surface area contributed by atoms with Gasteiger partial charge in [0.1, 0.15) is 13.2 Å². The number of rotatable bonds is 5. The summed E-state index contributed by atoms with van der Waals surface area (Å²) in [6.45, 7) is 3.76. The van der Waals surface area contributed by atoms with E-state index in [4.69, 9.17) is 9.05 Å². The predicted octanol–water partition coefficient (Wildman–Crippen LogP) is 1.30. The highest BCUT2D eigenvalue weighted by Gasteiger charge is 2.07. The number of likely N-dealkylation sites (N-methyl/N-ethyl adjacent to an activating group) is 1. The standard InChI is InChI=1S/C7H19NO2P/c1-8(2,3)6-7-10-11(5)9-4/h6-7H2,1-5H3/q+1. The molecular formula is C7H19NO2P+. The molecule has 1 atom stereocenters. The van der Waals surface area contributed by atoms with E-state index in [2.05, 4.69) is 21.1 Å². The first kappa shape index (κ1) is 11.3. The molecule has 0 aliphatic heterocycles. The van der Waals surface area contributed by atoms with Crippen molar-refractivity contribution in [2.75, 3.05) is 48.1 Å². The fraction of sp³-hybridized carbons (Fsp3) is 1.00. The summed E-state index contributed by atoms with van der Waals surface area (Å²) in [5, 5.41) is 0. The van der Waals surface area contributed by atoms with Gasteiger partial charge in [0.15, 0.2) is 8.38 Å². The van der Waals surface area contributed by atoms with Gasteiger partial charge in [-0.15, -0.1) is 0 Å². The maximum absolute atomic E-state index is 5.39. The summed E-state index contributed by atoms with van der Waals surface area (Å²) in [6, 6.07) is 0. The van der Waals surface area contributed by atoms with Crippen LogP contribution in [0.2, 0.25) is 0 Å². The monoisotopic (exact) mass is 180 g/mol. The molecule has 0 heterocycles. The van der Waals surface area contributed by atoms with Crippen molar-refractivity contribution >= 4 is 8.38 Å². The molecule has 0 amide bonds. The van der Waals surface area contributed by atoms with E-state index in [9.17, 15) is 0 Å². The molecule has 3 nitrogen and oxygen atoms in total. The smallest absolute Gasteiger partial charge is 0.167 e. The molecule has 0 saturated carbocycles. The van der Waals surface area contributed by atoms with Gasteiger partial charge >= 0.3 is 0 Å². The molecule has 68 valence electrons. The lowest BCUT2D eigenvalue weighted by Gasteiger charge is -2.24. The van der Waals surface area contributed by atoms with Crippen molar-refractivity contribution in [1.82, 2.24) is 0 Å². The van der Waals surface area contributed by atoms with E-state index in [0.717, 1.165) is 17.6 Å². The molecule has 0 radical (unpaired) electrons. The lowest BCUT2D eigenvalue weighted by atomic mass is 10.5. The number of quaternary nitrogens is 1. The quantitative estimate of drug-likeness (QED) is 0.469. The van der Waals surface area contributed by atoms with Crippen molar-refractivity contribution in [1.29, 1.82) is 0 Å².